The molecule has 1 amide bonds. The van der Waals surface area contributed by atoms with E-state index in [1.54, 1.807) is 6.92 Å². The SMILES string of the molecule is C=C(C)C(=O)NCCC[N+](C)(C)C[N+](C)(C)CC(O)C[N+](C)(C)C. The summed E-state index contributed by atoms with van der Waals surface area (Å²) in [5.41, 5.74) is 0.549. The van der Waals surface area contributed by atoms with Crippen LogP contribution in [0.3, 0.4) is 0 Å². The summed E-state index contributed by atoms with van der Waals surface area (Å²) in [6.45, 7) is 9.43. The van der Waals surface area contributed by atoms with Crippen molar-refractivity contribution in [1.82, 2.24) is 5.32 Å². The maximum atomic E-state index is 11.5. The zero-order chi connectivity index (χ0) is 19.2. The Balaban J connectivity index is 4.35. The number of carbonyl (C=O) groups is 1. The molecule has 2 N–H and O–H groups in total. The van der Waals surface area contributed by atoms with E-state index in [2.05, 4.69) is 61.2 Å². The molecule has 6 heteroatoms. The largest absolute Gasteiger partial charge is 0.382 e. The average molecular weight is 346 g/mol. The van der Waals surface area contributed by atoms with Gasteiger partial charge in [0.05, 0.1) is 55.9 Å². The summed E-state index contributed by atoms with van der Waals surface area (Å²) in [5, 5.41) is 13.2. The molecule has 0 radical (unpaired) electrons. The Morgan fingerprint density at radius 3 is 2.04 bits per heavy atom. The third kappa shape index (κ3) is 11.6. The molecular formula is C18H41N4O2+3. The molecule has 0 spiro atoms. The lowest BCUT2D eigenvalue weighted by Crippen LogP contribution is -2.59. The lowest BCUT2D eigenvalue weighted by molar-refractivity contribution is -1.07. The van der Waals surface area contributed by atoms with Crippen molar-refractivity contribution in [3.8, 4) is 0 Å². The third-order valence-corrected chi connectivity index (χ3v) is 3.84. The molecule has 142 valence electrons. The summed E-state index contributed by atoms with van der Waals surface area (Å²) in [7, 11) is 15.0. The van der Waals surface area contributed by atoms with E-state index in [-0.39, 0.29) is 12.0 Å². The van der Waals surface area contributed by atoms with Gasteiger partial charge in [-0.3, -0.25) is 13.8 Å². The van der Waals surface area contributed by atoms with E-state index in [4.69, 9.17) is 0 Å². The second-order valence-electron chi connectivity index (χ2n) is 9.44. The number of likely N-dealkylation sites (N-methyl/N-ethyl adjacent to an activating group) is 2. The average Bonchev–Trinajstić information content (AvgIpc) is 2.28. The van der Waals surface area contributed by atoms with E-state index in [1.807, 2.05) is 0 Å². The van der Waals surface area contributed by atoms with Crippen LogP contribution >= 0.6 is 0 Å². The summed E-state index contributed by atoms with van der Waals surface area (Å²) < 4.78 is 2.39. The molecule has 1 atom stereocenters. The van der Waals surface area contributed by atoms with Crippen molar-refractivity contribution in [2.75, 3.05) is 82.2 Å². The Kier molecular flexibility index (Phi) is 8.59. The molecule has 0 heterocycles. The number of aliphatic hydroxyl groups excluding tert-OH is 1. The molecule has 0 aliphatic carbocycles. The third-order valence-electron chi connectivity index (χ3n) is 3.84. The predicted octanol–water partition coefficient (Wildman–Crippen LogP) is 0.246. The van der Waals surface area contributed by atoms with Gasteiger partial charge in [-0.05, 0) is 6.92 Å². The van der Waals surface area contributed by atoms with Crippen LogP contribution in [0.15, 0.2) is 12.2 Å². The molecule has 0 saturated heterocycles. The highest BCUT2D eigenvalue weighted by atomic mass is 16.3. The van der Waals surface area contributed by atoms with Crippen LogP contribution in [-0.4, -0.2) is 113 Å². The molecule has 0 aliphatic rings. The topological polar surface area (TPSA) is 49.3 Å². The summed E-state index contributed by atoms with van der Waals surface area (Å²) in [6.07, 6.45) is 0.614. The Morgan fingerprint density at radius 2 is 1.58 bits per heavy atom. The lowest BCUT2D eigenvalue weighted by atomic mass is 10.2. The van der Waals surface area contributed by atoms with Crippen LogP contribution in [0, 0.1) is 0 Å². The van der Waals surface area contributed by atoms with Crippen LogP contribution < -0.4 is 5.32 Å². The van der Waals surface area contributed by atoms with Crippen molar-refractivity contribution in [3.63, 3.8) is 0 Å². The Hall–Kier alpha value is -0.950. The number of aliphatic hydroxyl groups is 1. The fraction of sp³-hybridized carbons (Fsp3) is 0.833. The van der Waals surface area contributed by atoms with Gasteiger partial charge in [-0.2, -0.15) is 0 Å². The van der Waals surface area contributed by atoms with Gasteiger partial charge in [0, 0.05) is 18.5 Å². The summed E-state index contributed by atoms with van der Waals surface area (Å²) in [6, 6.07) is 0. The van der Waals surface area contributed by atoms with Gasteiger partial charge in [0.25, 0.3) is 0 Å². The summed E-state index contributed by atoms with van der Waals surface area (Å²) in [4.78, 5) is 11.5. The molecule has 0 fully saturated rings. The fourth-order valence-corrected chi connectivity index (χ4v) is 3.29. The molecule has 0 saturated carbocycles. The number of nitrogens with zero attached hydrogens (tertiary/aromatic N) is 3. The number of quaternary nitrogens is 3. The van der Waals surface area contributed by atoms with Crippen molar-refractivity contribution in [2.24, 2.45) is 0 Å². The van der Waals surface area contributed by atoms with Crippen LogP contribution in [0.25, 0.3) is 0 Å². The monoisotopic (exact) mass is 345 g/mol. The second-order valence-corrected chi connectivity index (χ2v) is 9.44. The first-order valence-corrected chi connectivity index (χ1v) is 8.70. The predicted molar refractivity (Wildman–Crippen MR) is 100 cm³/mol. The van der Waals surface area contributed by atoms with E-state index in [1.165, 1.54) is 0 Å². The smallest absolute Gasteiger partial charge is 0.246 e. The van der Waals surface area contributed by atoms with Gasteiger partial charge in [-0.15, -0.1) is 0 Å². The van der Waals surface area contributed by atoms with Crippen molar-refractivity contribution in [3.05, 3.63) is 12.2 Å². The second kappa shape index (κ2) is 8.94. The van der Waals surface area contributed by atoms with Gasteiger partial charge in [0.1, 0.15) is 13.1 Å². The van der Waals surface area contributed by atoms with Crippen LogP contribution in [0.5, 0.6) is 0 Å². The summed E-state index contributed by atoms with van der Waals surface area (Å²) in [5.74, 6) is -0.0696. The molecule has 24 heavy (non-hydrogen) atoms. The number of hydrogen-bond acceptors (Lipinski definition) is 2. The molecule has 0 aromatic rings. The molecule has 0 rings (SSSR count). The number of hydrogen-bond donors (Lipinski definition) is 2. The molecule has 0 aromatic carbocycles. The molecule has 0 aromatic heterocycles. The first kappa shape index (κ1) is 23.1. The van der Waals surface area contributed by atoms with E-state index < -0.39 is 0 Å². The number of nitrogens with one attached hydrogen (secondary N) is 1. The zero-order valence-electron chi connectivity index (χ0n) is 17.2. The van der Waals surface area contributed by atoms with Gasteiger partial charge in [0.15, 0.2) is 6.10 Å². The van der Waals surface area contributed by atoms with Crippen LogP contribution in [0.1, 0.15) is 13.3 Å². The molecular weight excluding hydrogens is 304 g/mol. The van der Waals surface area contributed by atoms with E-state index in [9.17, 15) is 9.90 Å². The van der Waals surface area contributed by atoms with Gasteiger partial charge < -0.3 is 14.9 Å². The van der Waals surface area contributed by atoms with Crippen LogP contribution in [0.2, 0.25) is 0 Å². The Bertz CT molecular complexity index is 425. The highest BCUT2D eigenvalue weighted by molar-refractivity contribution is 5.91. The zero-order valence-corrected chi connectivity index (χ0v) is 17.2. The standard InChI is InChI=1S/C18H40N4O2/c1-16(2)18(24)19-11-10-12-21(6,7)15-22(8,9)14-17(23)13-20(3,4)5/h17,23H,1,10-15H2,2-9H3/q+2/p+1. The van der Waals surface area contributed by atoms with Gasteiger partial charge >= 0.3 is 0 Å². The first-order chi connectivity index (χ1) is 10.6. The minimum absolute atomic E-state index is 0.0696. The van der Waals surface area contributed by atoms with Crippen LogP contribution in [0.4, 0.5) is 0 Å². The van der Waals surface area contributed by atoms with Crippen molar-refractivity contribution in [1.29, 1.82) is 0 Å². The highest BCUT2D eigenvalue weighted by Crippen LogP contribution is 2.10. The number of rotatable bonds is 11. The van der Waals surface area contributed by atoms with Crippen molar-refractivity contribution >= 4 is 5.91 Å². The van der Waals surface area contributed by atoms with Crippen LogP contribution in [-0.2, 0) is 4.79 Å². The summed E-state index contributed by atoms with van der Waals surface area (Å²) >= 11 is 0. The van der Waals surface area contributed by atoms with Crippen molar-refractivity contribution in [2.45, 2.75) is 19.4 Å². The Labute approximate surface area is 149 Å². The van der Waals surface area contributed by atoms with E-state index in [0.717, 1.165) is 46.2 Å². The lowest BCUT2D eigenvalue weighted by Gasteiger charge is -2.40. The number of carbonyl (C=O) groups excluding carboxylic acids is 1. The van der Waals surface area contributed by atoms with E-state index >= 15 is 0 Å². The normalized spacial score (nSPS) is 14.4. The van der Waals surface area contributed by atoms with Gasteiger partial charge in [-0.25, -0.2) is 0 Å². The molecule has 1 unspecified atom stereocenters. The minimum atomic E-state index is -0.310. The van der Waals surface area contributed by atoms with E-state index in [0.29, 0.717) is 12.1 Å². The maximum Gasteiger partial charge on any atom is 0.246 e. The maximum absolute atomic E-state index is 11.5. The first-order valence-electron chi connectivity index (χ1n) is 8.70. The fourth-order valence-electron chi connectivity index (χ4n) is 3.29. The van der Waals surface area contributed by atoms with Gasteiger partial charge in [-0.1, -0.05) is 6.58 Å². The molecule has 0 bridgehead atoms. The molecule has 0 aliphatic heterocycles. The highest BCUT2D eigenvalue weighted by Gasteiger charge is 2.31. The Morgan fingerprint density at radius 1 is 1.04 bits per heavy atom. The van der Waals surface area contributed by atoms with Gasteiger partial charge in [0.2, 0.25) is 12.6 Å². The number of amides is 1. The quantitative estimate of drug-likeness (QED) is 0.244. The minimum Gasteiger partial charge on any atom is -0.382 e. The van der Waals surface area contributed by atoms with Crippen molar-refractivity contribution < 1.29 is 23.4 Å². The molecule has 6 nitrogen and oxygen atoms in total.